The van der Waals surface area contributed by atoms with E-state index < -0.39 is 17.7 Å². The van der Waals surface area contributed by atoms with Crippen LogP contribution < -0.4 is 5.73 Å². The van der Waals surface area contributed by atoms with E-state index in [1.54, 1.807) is 0 Å². The predicted molar refractivity (Wildman–Crippen MR) is 178 cm³/mol. The number of rotatable bonds is 31. The van der Waals surface area contributed by atoms with Gasteiger partial charge in [-0.2, -0.15) is 0 Å². The van der Waals surface area contributed by atoms with Gasteiger partial charge in [-0.15, -0.1) is 0 Å². The fourth-order valence-corrected chi connectivity index (χ4v) is 5.66. The molecular formula is C36H72N2O4. The van der Waals surface area contributed by atoms with Gasteiger partial charge in [0.05, 0.1) is 12.6 Å². The van der Waals surface area contributed by atoms with Gasteiger partial charge in [-0.3, -0.25) is 4.79 Å². The first kappa shape index (κ1) is 40.9. The van der Waals surface area contributed by atoms with E-state index in [1.165, 1.54) is 75.5 Å². The Hall–Kier alpha value is -1.14. The lowest BCUT2D eigenvalue weighted by Gasteiger charge is -2.39. The number of aliphatic hydroxyl groups is 1. The first-order valence-electron chi connectivity index (χ1n) is 18.4. The molecule has 250 valence electrons. The van der Waals surface area contributed by atoms with Crippen molar-refractivity contribution in [1.29, 1.82) is 0 Å². The van der Waals surface area contributed by atoms with Crippen LogP contribution in [0.4, 0.5) is 0 Å². The minimum absolute atomic E-state index is 0.208. The minimum Gasteiger partial charge on any atom is -0.462 e. The maximum absolute atomic E-state index is 13.8. The van der Waals surface area contributed by atoms with E-state index in [0.717, 1.165) is 77.0 Å². The van der Waals surface area contributed by atoms with Crippen LogP contribution in [-0.2, 0) is 14.3 Å². The van der Waals surface area contributed by atoms with Crippen LogP contribution >= 0.6 is 0 Å². The Morgan fingerprint density at radius 1 is 0.619 bits per heavy atom. The van der Waals surface area contributed by atoms with Crippen molar-refractivity contribution in [2.45, 2.75) is 206 Å². The summed E-state index contributed by atoms with van der Waals surface area (Å²) in [7, 11) is 0. The van der Waals surface area contributed by atoms with Gasteiger partial charge in [0, 0.05) is 13.0 Å². The van der Waals surface area contributed by atoms with Crippen LogP contribution in [0, 0.1) is 0 Å². The zero-order valence-corrected chi connectivity index (χ0v) is 28.6. The number of unbranched alkanes of at least 4 members (excludes halogenated alkanes) is 20. The van der Waals surface area contributed by atoms with Crippen molar-refractivity contribution in [3.05, 3.63) is 0 Å². The summed E-state index contributed by atoms with van der Waals surface area (Å²) in [5, 5.41) is 12.0. The molecule has 1 amide bonds. The van der Waals surface area contributed by atoms with Crippen LogP contribution in [0.25, 0.3) is 0 Å². The molecule has 0 bridgehead atoms. The lowest BCUT2D eigenvalue weighted by atomic mass is 9.98. The Balaban J connectivity index is 5.51. The van der Waals surface area contributed by atoms with Gasteiger partial charge in [-0.25, -0.2) is 4.79 Å². The van der Waals surface area contributed by atoms with Crippen LogP contribution in [0.1, 0.15) is 195 Å². The van der Waals surface area contributed by atoms with Gasteiger partial charge in [-0.1, -0.05) is 163 Å². The van der Waals surface area contributed by atoms with Crippen molar-refractivity contribution < 1.29 is 19.4 Å². The number of nitrogens with two attached hydrogens (primary N) is 1. The molecular weight excluding hydrogens is 524 g/mol. The average molecular weight is 597 g/mol. The van der Waals surface area contributed by atoms with Gasteiger partial charge >= 0.3 is 5.97 Å². The van der Waals surface area contributed by atoms with Crippen molar-refractivity contribution in [1.82, 2.24) is 4.90 Å². The first-order chi connectivity index (χ1) is 20.4. The molecule has 0 aliphatic heterocycles. The Kier molecular flexibility index (Phi) is 27.8. The number of ether oxygens (including phenoxy) is 1. The molecule has 0 heterocycles. The van der Waals surface area contributed by atoms with Gasteiger partial charge in [0.2, 0.25) is 11.6 Å². The molecule has 0 spiro atoms. The fraction of sp³-hybridized carbons (Fsp3) is 0.944. The van der Waals surface area contributed by atoms with Crippen LogP contribution in [0.5, 0.6) is 0 Å². The Morgan fingerprint density at radius 3 is 1.52 bits per heavy atom. The molecule has 0 radical (unpaired) electrons. The molecule has 2 atom stereocenters. The first-order valence-corrected chi connectivity index (χ1v) is 18.4. The Labute approximate surface area is 261 Å². The number of hydrogen-bond acceptors (Lipinski definition) is 5. The van der Waals surface area contributed by atoms with Crippen LogP contribution in [0.2, 0.25) is 0 Å². The number of amides is 1. The summed E-state index contributed by atoms with van der Waals surface area (Å²) in [4.78, 5) is 28.8. The number of hydrogen-bond donors (Lipinski definition) is 2. The number of carbonyl (C=O) groups is 2. The highest BCUT2D eigenvalue weighted by molar-refractivity contribution is 5.89. The molecule has 0 fully saturated rings. The lowest BCUT2D eigenvalue weighted by molar-refractivity contribution is -0.196. The smallest absolute Gasteiger partial charge is 0.359 e. The highest BCUT2D eigenvalue weighted by atomic mass is 16.6. The molecule has 42 heavy (non-hydrogen) atoms. The summed E-state index contributed by atoms with van der Waals surface area (Å²) in [6, 6.07) is -0.710. The summed E-state index contributed by atoms with van der Waals surface area (Å²) in [5.41, 5.74) is 4.51. The summed E-state index contributed by atoms with van der Waals surface area (Å²) >= 11 is 0. The summed E-state index contributed by atoms with van der Waals surface area (Å²) < 4.78 is 5.69. The van der Waals surface area contributed by atoms with E-state index in [4.69, 9.17) is 10.5 Å². The molecule has 0 aromatic carbocycles. The van der Waals surface area contributed by atoms with E-state index in [1.807, 2.05) is 0 Å². The zero-order valence-electron chi connectivity index (χ0n) is 28.6. The van der Waals surface area contributed by atoms with Crippen molar-refractivity contribution in [2.75, 3.05) is 13.2 Å². The third kappa shape index (κ3) is 19.9. The van der Waals surface area contributed by atoms with Crippen molar-refractivity contribution in [2.24, 2.45) is 5.73 Å². The quantitative estimate of drug-likeness (QED) is 0.0472. The SMILES string of the molecule is CCCCCCCCOC(=O)C(O)(CCCCCCCC)N(CCCCCCCC)C(=O)C(N)CCCCCCCC. The maximum atomic E-state index is 13.8. The van der Waals surface area contributed by atoms with Gasteiger partial charge in [-0.05, 0) is 25.7 Å². The minimum atomic E-state index is -1.95. The standard InChI is InChI=1S/C36H72N2O4/c1-5-9-13-17-21-25-29-33(37)34(39)38(31-27-23-19-15-11-7-3)36(41,30-26-22-18-14-10-6-2)35(40)42-32-28-24-20-16-12-8-4/h33,41H,5-32,37H2,1-4H3. The molecule has 0 saturated heterocycles. The number of carbonyl (C=O) groups excluding carboxylic acids is 2. The van der Waals surface area contributed by atoms with E-state index in [9.17, 15) is 14.7 Å². The summed E-state index contributed by atoms with van der Waals surface area (Å²) in [5.74, 6) is -0.974. The van der Waals surface area contributed by atoms with Gasteiger partial charge in [0.25, 0.3) is 0 Å². The molecule has 0 aliphatic rings. The highest BCUT2D eigenvalue weighted by Crippen LogP contribution is 2.26. The molecule has 0 aromatic rings. The van der Waals surface area contributed by atoms with Gasteiger partial charge in [0.15, 0.2) is 0 Å². The van der Waals surface area contributed by atoms with Crippen LogP contribution in [-0.4, -0.2) is 46.8 Å². The van der Waals surface area contributed by atoms with Crippen molar-refractivity contribution in [3.8, 4) is 0 Å². The maximum Gasteiger partial charge on any atom is 0.359 e. The second-order valence-electron chi connectivity index (χ2n) is 12.7. The molecule has 0 aliphatic carbocycles. The second-order valence-corrected chi connectivity index (χ2v) is 12.7. The van der Waals surface area contributed by atoms with E-state index >= 15 is 0 Å². The normalized spacial score (nSPS) is 13.6. The molecule has 6 nitrogen and oxygen atoms in total. The van der Waals surface area contributed by atoms with Gasteiger partial charge < -0.3 is 20.5 Å². The fourth-order valence-electron chi connectivity index (χ4n) is 5.66. The van der Waals surface area contributed by atoms with E-state index in [-0.39, 0.29) is 18.9 Å². The molecule has 0 aromatic heterocycles. The van der Waals surface area contributed by atoms with Crippen LogP contribution in [0.3, 0.4) is 0 Å². The van der Waals surface area contributed by atoms with Gasteiger partial charge in [0.1, 0.15) is 0 Å². The van der Waals surface area contributed by atoms with E-state index in [0.29, 0.717) is 19.4 Å². The summed E-state index contributed by atoms with van der Waals surface area (Å²) in [6.45, 7) is 9.42. The largest absolute Gasteiger partial charge is 0.462 e. The lowest BCUT2D eigenvalue weighted by Crippen LogP contribution is -2.61. The third-order valence-electron chi connectivity index (χ3n) is 8.57. The average Bonchev–Trinajstić information content (AvgIpc) is 2.99. The Morgan fingerprint density at radius 2 is 1.02 bits per heavy atom. The second kappa shape index (κ2) is 28.6. The predicted octanol–water partition coefficient (Wildman–Crippen LogP) is 9.60. The molecule has 6 heteroatoms. The molecule has 2 unspecified atom stereocenters. The van der Waals surface area contributed by atoms with E-state index in [2.05, 4.69) is 27.7 Å². The third-order valence-corrected chi connectivity index (χ3v) is 8.57. The number of esters is 1. The van der Waals surface area contributed by atoms with Crippen molar-refractivity contribution >= 4 is 11.9 Å². The zero-order chi connectivity index (χ0) is 31.3. The molecule has 3 N–H and O–H groups in total. The highest BCUT2D eigenvalue weighted by Gasteiger charge is 2.46. The summed E-state index contributed by atoms with van der Waals surface area (Å²) in [6.07, 6.45) is 26.7. The molecule has 0 saturated carbocycles. The number of nitrogens with zero attached hydrogens (tertiary/aromatic N) is 1. The monoisotopic (exact) mass is 597 g/mol. The Bertz CT molecular complexity index is 630. The topological polar surface area (TPSA) is 92.9 Å². The molecule has 0 rings (SSSR count). The van der Waals surface area contributed by atoms with Crippen LogP contribution in [0.15, 0.2) is 0 Å². The van der Waals surface area contributed by atoms with Crippen molar-refractivity contribution in [3.63, 3.8) is 0 Å².